The Morgan fingerprint density at radius 3 is 2.48 bits per heavy atom. The number of nitrogens with two attached hydrogens (primary N) is 1. The molecule has 1 heterocycles. The van der Waals surface area contributed by atoms with Crippen molar-refractivity contribution in [1.29, 1.82) is 0 Å². The Morgan fingerprint density at radius 1 is 1.04 bits per heavy atom. The third-order valence-corrected chi connectivity index (χ3v) is 3.92. The fraction of sp³-hybridized carbons (Fsp3) is 0.222. The minimum atomic E-state index is -4.47. The van der Waals surface area contributed by atoms with E-state index in [1.807, 2.05) is 43.3 Å². The Hall–Kier alpha value is -2.27. The summed E-state index contributed by atoms with van der Waals surface area (Å²) in [6.45, 7) is 1.95. The van der Waals surface area contributed by atoms with Crippen LogP contribution < -0.4 is 5.73 Å². The first-order chi connectivity index (χ1) is 10.9. The van der Waals surface area contributed by atoms with Gasteiger partial charge in [-0.2, -0.15) is 13.2 Å². The summed E-state index contributed by atoms with van der Waals surface area (Å²) in [6.07, 6.45) is -4.26. The molecule has 0 spiro atoms. The van der Waals surface area contributed by atoms with Crippen LogP contribution in [0.1, 0.15) is 28.7 Å². The van der Waals surface area contributed by atoms with Crippen molar-refractivity contribution in [3.8, 4) is 0 Å². The molecule has 5 heteroatoms. The van der Waals surface area contributed by atoms with Crippen LogP contribution >= 0.6 is 0 Å². The molecule has 0 amide bonds. The molecule has 1 atom stereocenters. The number of aryl methyl sites for hydroxylation is 1. The van der Waals surface area contributed by atoms with Gasteiger partial charge in [0.15, 0.2) is 0 Å². The Labute approximate surface area is 131 Å². The molecule has 2 aromatic carbocycles. The van der Waals surface area contributed by atoms with Gasteiger partial charge in [-0.15, -0.1) is 0 Å². The second-order valence-corrected chi connectivity index (χ2v) is 5.59. The minimum Gasteiger partial charge on any atom is -0.456 e. The number of benzene rings is 2. The molecule has 0 bridgehead atoms. The lowest BCUT2D eigenvalue weighted by Gasteiger charge is -2.17. The second kappa shape index (κ2) is 5.74. The summed E-state index contributed by atoms with van der Waals surface area (Å²) in [5, 5.41) is 2.07. The van der Waals surface area contributed by atoms with E-state index in [9.17, 15) is 13.2 Å². The van der Waals surface area contributed by atoms with E-state index in [1.54, 1.807) is 0 Å². The molecule has 0 saturated carbocycles. The fourth-order valence-corrected chi connectivity index (χ4v) is 2.86. The highest BCUT2D eigenvalue weighted by atomic mass is 19.4. The van der Waals surface area contributed by atoms with Gasteiger partial charge in [0.1, 0.15) is 5.76 Å². The number of fused-ring (bicyclic) bond motifs is 1. The quantitative estimate of drug-likeness (QED) is 0.737. The first-order valence-corrected chi connectivity index (χ1v) is 7.26. The summed E-state index contributed by atoms with van der Waals surface area (Å²) in [6, 6.07) is 13.6. The van der Waals surface area contributed by atoms with Crippen LogP contribution in [-0.2, 0) is 12.6 Å². The van der Waals surface area contributed by atoms with Gasteiger partial charge in [0.05, 0.1) is 0 Å². The van der Waals surface area contributed by atoms with Crippen LogP contribution in [0.3, 0.4) is 0 Å². The molecule has 3 rings (SSSR count). The molecular formula is C18H16F3NO. The van der Waals surface area contributed by atoms with Gasteiger partial charge < -0.3 is 10.2 Å². The molecule has 120 valence electrons. The average molecular weight is 319 g/mol. The predicted octanol–water partition coefficient (Wildman–Crippen LogP) is 5.00. The van der Waals surface area contributed by atoms with E-state index in [0.717, 1.165) is 28.0 Å². The Balaban J connectivity index is 1.93. The van der Waals surface area contributed by atoms with Crippen LogP contribution in [0.4, 0.5) is 13.2 Å². The lowest BCUT2D eigenvalue weighted by atomic mass is 9.92. The Morgan fingerprint density at radius 2 is 1.78 bits per heavy atom. The molecule has 0 aliphatic carbocycles. The predicted molar refractivity (Wildman–Crippen MR) is 83.0 cm³/mol. The first-order valence-electron chi connectivity index (χ1n) is 7.26. The summed E-state index contributed by atoms with van der Waals surface area (Å²) < 4.78 is 42.7. The number of hydrogen-bond acceptors (Lipinski definition) is 2. The minimum absolute atomic E-state index is 0.213. The van der Waals surface area contributed by atoms with E-state index >= 15 is 0 Å². The summed E-state index contributed by atoms with van der Waals surface area (Å²) in [5.41, 5.74) is 8.22. The molecule has 0 radical (unpaired) electrons. The van der Waals surface area contributed by atoms with Crippen LogP contribution in [-0.4, -0.2) is 0 Å². The number of halogens is 3. The van der Waals surface area contributed by atoms with Gasteiger partial charge in [-0.1, -0.05) is 36.4 Å². The molecule has 2 nitrogen and oxygen atoms in total. The molecule has 0 saturated heterocycles. The largest absolute Gasteiger partial charge is 0.456 e. The fourth-order valence-electron chi connectivity index (χ4n) is 2.86. The molecule has 0 aliphatic rings. The SMILES string of the molecule is Cc1ccc2ccccc2c1C(N)Cc1ccc(C(F)(F)F)o1. The summed E-state index contributed by atoms with van der Waals surface area (Å²) in [7, 11) is 0. The van der Waals surface area contributed by atoms with Crippen LogP contribution in [0, 0.1) is 6.92 Å². The summed E-state index contributed by atoms with van der Waals surface area (Å²) in [5.74, 6) is -0.758. The van der Waals surface area contributed by atoms with E-state index in [1.165, 1.54) is 6.07 Å². The zero-order valence-corrected chi connectivity index (χ0v) is 12.5. The summed E-state index contributed by atoms with van der Waals surface area (Å²) in [4.78, 5) is 0. The third kappa shape index (κ3) is 3.10. The maximum Gasteiger partial charge on any atom is 0.449 e. The van der Waals surface area contributed by atoms with Gasteiger partial charge in [0.25, 0.3) is 0 Å². The van der Waals surface area contributed by atoms with E-state index in [0.29, 0.717) is 0 Å². The Bertz CT molecular complexity index is 836. The smallest absolute Gasteiger partial charge is 0.449 e. The van der Waals surface area contributed by atoms with E-state index in [2.05, 4.69) is 0 Å². The number of rotatable bonds is 3. The Kier molecular flexibility index (Phi) is 3.90. The van der Waals surface area contributed by atoms with Crippen molar-refractivity contribution in [3.63, 3.8) is 0 Å². The molecule has 0 fully saturated rings. The standard InChI is InChI=1S/C18H16F3NO/c1-11-6-7-12-4-2-3-5-14(12)17(11)15(22)10-13-8-9-16(23-13)18(19,20)21/h2-9,15H,10,22H2,1H3. The second-order valence-electron chi connectivity index (χ2n) is 5.59. The monoisotopic (exact) mass is 319 g/mol. The number of furan rings is 1. The number of alkyl halides is 3. The normalized spacial score (nSPS) is 13.4. The van der Waals surface area contributed by atoms with Crippen LogP contribution in [0.25, 0.3) is 10.8 Å². The van der Waals surface area contributed by atoms with Crippen molar-refractivity contribution in [3.05, 3.63) is 71.2 Å². The van der Waals surface area contributed by atoms with Crippen molar-refractivity contribution in [1.82, 2.24) is 0 Å². The molecule has 0 aliphatic heterocycles. The maximum absolute atomic E-state index is 12.6. The zero-order chi connectivity index (χ0) is 16.6. The maximum atomic E-state index is 12.6. The average Bonchev–Trinajstić information content (AvgIpc) is 2.95. The van der Waals surface area contributed by atoms with Crippen molar-refractivity contribution in [2.45, 2.75) is 25.6 Å². The summed E-state index contributed by atoms with van der Waals surface area (Å²) >= 11 is 0. The van der Waals surface area contributed by atoms with E-state index in [-0.39, 0.29) is 12.2 Å². The van der Waals surface area contributed by atoms with Gasteiger partial charge in [-0.25, -0.2) is 0 Å². The lowest BCUT2D eigenvalue weighted by Crippen LogP contribution is -2.15. The first kappa shape index (κ1) is 15.6. The van der Waals surface area contributed by atoms with Crippen LogP contribution in [0.15, 0.2) is 52.9 Å². The molecule has 3 aromatic rings. The van der Waals surface area contributed by atoms with Crippen molar-refractivity contribution in [2.24, 2.45) is 5.73 Å². The third-order valence-electron chi connectivity index (χ3n) is 3.92. The van der Waals surface area contributed by atoms with E-state index < -0.39 is 18.0 Å². The molecule has 1 aromatic heterocycles. The highest BCUT2D eigenvalue weighted by Crippen LogP contribution is 2.33. The van der Waals surface area contributed by atoms with Gasteiger partial charge in [0.2, 0.25) is 5.76 Å². The highest BCUT2D eigenvalue weighted by Gasteiger charge is 2.34. The lowest BCUT2D eigenvalue weighted by molar-refractivity contribution is -0.153. The van der Waals surface area contributed by atoms with Gasteiger partial charge in [-0.05, 0) is 41.0 Å². The van der Waals surface area contributed by atoms with E-state index in [4.69, 9.17) is 10.2 Å². The number of hydrogen-bond donors (Lipinski definition) is 1. The highest BCUT2D eigenvalue weighted by molar-refractivity contribution is 5.87. The molecule has 1 unspecified atom stereocenters. The van der Waals surface area contributed by atoms with Gasteiger partial charge in [0, 0.05) is 12.5 Å². The van der Waals surface area contributed by atoms with Crippen molar-refractivity contribution >= 4 is 10.8 Å². The molecule has 2 N–H and O–H groups in total. The van der Waals surface area contributed by atoms with Crippen LogP contribution in [0.2, 0.25) is 0 Å². The van der Waals surface area contributed by atoms with Crippen molar-refractivity contribution < 1.29 is 17.6 Å². The van der Waals surface area contributed by atoms with Crippen molar-refractivity contribution in [2.75, 3.05) is 0 Å². The van der Waals surface area contributed by atoms with Crippen LogP contribution in [0.5, 0.6) is 0 Å². The van der Waals surface area contributed by atoms with Gasteiger partial charge in [-0.3, -0.25) is 0 Å². The van der Waals surface area contributed by atoms with Gasteiger partial charge >= 0.3 is 6.18 Å². The molecule has 23 heavy (non-hydrogen) atoms. The topological polar surface area (TPSA) is 39.2 Å². The zero-order valence-electron chi connectivity index (χ0n) is 12.5. The molecular weight excluding hydrogens is 303 g/mol.